The Morgan fingerprint density at radius 1 is 0.950 bits per heavy atom. The average Bonchev–Trinajstić information content (AvgIpc) is 3.31. The third-order valence-corrected chi connectivity index (χ3v) is 8.20. The fourth-order valence-corrected chi connectivity index (χ4v) is 5.97. The van der Waals surface area contributed by atoms with Crippen LogP contribution in [0.3, 0.4) is 0 Å². The van der Waals surface area contributed by atoms with E-state index in [-0.39, 0.29) is 35.2 Å². The summed E-state index contributed by atoms with van der Waals surface area (Å²) >= 11 is 0. The summed E-state index contributed by atoms with van der Waals surface area (Å²) in [5, 5.41) is 0. The second-order valence-electron chi connectivity index (χ2n) is 10.9. The molecule has 40 heavy (non-hydrogen) atoms. The lowest BCUT2D eigenvalue weighted by Crippen LogP contribution is -2.41. The number of benzene rings is 2. The minimum absolute atomic E-state index is 0.0104. The zero-order valence-corrected chi connectivity index (χ0v) is 22.5. The van der Waals surface area contributed by atoms with Gasteiger partial charge in [-0.1, -0.05) is 19.1 Å². The number of carbonyl (C=O) groups excluding carboxylic acids is 1. The molecule has 2 aromatic carbocycles. The first-order valence-electron chi connectivity index (χ1n) is 13.3. The van der Waals surface area contributed by atoms with E-state index in [1.54, 1.807) is 18.2 Å². The highest BCUT2D eigenvalue weighted by atomic mass is 19.4. The fraction of sp³-hybridized carbons (Fsp3) is 0.500. The number of hydrogen-bond acceptors (Lipinski definition) is 3. The summed E-state index contributed by atoms with van der Waals surface area (Å²) < 4.78 is 101. The Morgan fingerprint density at radius 3 is 2.08 bits per heavy atom. The molecule has 10 heteroatoms. The maximum atomic E-state index is 13.7. The van der Waals surface area contributed by atoms with Gasteiger partial charge in [0.1, 0.15) is 5.82 Å². The summed E-state index contributed by atoms with van der Waals surface area (Å²) in [6.07, 6.45) is -7.45. The molecule has 0 bridgehead atoms. The van der Waals surface area contributed by atoms with Gasteiger partial charge in [-0.15, -0.1) is 0 Å². The molecular weight excluding hydrogens is 539 g/mol. The van der Waals surface area contributed by atoms with Crippen molar-refractivity contribution < 1.29 is 40.3 Å². The summed E-state index contributed by atoms with van der Waals surface area (Å²) in [6.45, 7) is 4.15. The number of hydrogen-bond donors (Lipinski definition) is 0. The highest BCUT2D eigenvalue weighted by Crippen LogP contribution is 2.45. The molecular formula is C30H32F7NO2. The zero-order valence-electron chi connectivity index (χ0n) is 22.5. The van der Waals surface area contributed by atoms with Gasteiger partial charge in [0.2, 0.25) is 0 Å². The van der Waals surface area contributed by atoms with Crippen LogP contribution in [0.1, 0.15) is 73.8 Å². The maximum absolute atomic E-state index is 13.7. The number of ketones is 1. The van der Waals surface area contributed by atoms with Crippen LogP contribution in [-0.2, 0) is 21.9 Å². The Kier molecular flexibility index (Phi) is 8.68. The van der Waals surface area contributed by atoms with Gasteiger partial charge in [-0.25, -0.2) is 4.39 Å². The van der Waals surface area contributed by atoms with E-state index in [0.717, 1.165) is 11.3 Å². The van der Waals surface area contributed by atoms with Crippen molar-refractivity contribution in [1.29, 1.82) is 0 Å². The number of alkyl halides is 6. The van der Waals surface area contributed by atoms with Crippen molar-refractivity contribution in [3.05, 3.63) is 82.3 Å². The largest absolute Gasteiger partial charge is 0.416 e. The first kappa shape index (κ1) is 30.1. The molecule has 2 aliphatic rings. The minimum atomic E-state index is -4.95. The van der Waals surface area contributed by atoms with Gasteiger partial charge in [0, 0.05) is 37.7 Å². The number of halogens is 7. The Labute approximate surface area is 229 Å². The van der Waals surface area contributed by atoms with E-state index in [4.69, 9.17) is 4.74 Å². The molecule has 3 nitrogen and oxygen atoms in total. The van der Waals surface area contributed by atoms with E-state index in [9.17, 15) is 35.5 Å². The summed E-state index contributed by atoms with van der Waals surface area (Å²) in [5.74, 6) is -0.451. The molecule has 0 unspecified atom stereocenters. The highest BCUT2D eigenvalue weighted by Gasteiger charge is 2.41. The zero-order chi connectivity index (χ0) is 29.4. The van der Waals surface area contributed by atoms with Gasteiger partial charge in [-0.05, 0) is 79.5 Å². The smallest absolute Gasteiger partial charge is 0.377 e. The molecule has 1 saturated carbocycles. The molecule has 0 aliphatic heterocycles. The Bertz CT molecular complexity index is 1200. The Hall–Kier alpha value is -2.88. The van der Waals surface area contributed by atoms with Crippen LogP contribution in [0.5, 0.6) is 0 Å². The molecule has 2 aliphatic carbocycles. The third kappa shape index (κ3) is 6.87. The van der Waals surface area contributed by atoms with E-state index in [1.807, 2.05) is 14.0 Å². The van der Waals surface area contributed by atoms with Gasteiger partial charge in [-0.2, -0.15) is 26.3 Å². The quantitative estimate of drug-likeness (QED) is 0.313. The molecule has 0 N–H and O–H groups in total. The van der Waals surface area contributed by atoms with Crippen LogP contribution in [0.2, 0.25) is 0 Å². The number of nitrogens with zero attached hydrogens (tertiary/aromatic N) is 1. The Balaban J connectivity index is 1.61. The van der Waals surface area contributed by atoms with Crippen molar-refractivity contribution in [1.82, 2.24) is 4.90 Å². The lowest BCUT2D eigenvalue weighted by molar-refractivity contribution is -0.143. The standard InChI is InChI=1S/C30H32F7NO2/c1-17-20(16-38(3)25-9-10-26(39)15-25)6-11-27(28(17)19-4-7-24(31)8-5-19)40-18(2)21-12-22(29(32,33)34)14-23(13-21)30(35,36)37/h4-5,7-8,12-15,17-18,20,27-28H,6,9-11,16H2,1-3H3/t17-,18-,20-,27+,28-/m1/s1. The van der Waals surface area contributed by atoms with Crippen molar-refractivity contribution in [3.63, 3.8) is 0 Å². The topological polar surface area (TPSA) is 29.5 Å². The maximum Gasteiger partial charge on any atom is 0.416 e. The number of allylic oxidation sites excluding steroid dienone is 2. The van der Waals surface area contributed by atoms with Crippen LogP contribution < -0.4 is 0 Å². The van der Waals surface area contributed by atoms with Gasteiger partial charge in [-0.3, -0.25) is 4.79 Å². The van der Waals surface area contributed by atoms with Crippen molar-refractivity contribution in [2.24, 2.45) is 11.8 Å². The molecule has 1 fully saturated rings. The van der Waals surface area contributed by atoms with Gasteiger partial charge in [0.25, 0.3) is 0 Å². The number of carbonyl (C=O) groups is 1. The van der Waals surface area contributed by atoms with Gasteiger partial charge < -0.3 is 9.64 Å². The molecule has 0 radical (unpaired) electrons. The van der Waals surface area contributed by atoms with E-state index < -0.39 is 41.5 Å². The van der Waals surface area contributed by atoms with Crippen LogP contribution in [0.15, 0.2) is 54.2 Å². The molecule has 0 saturated heterocycles. The Morgan fingerprint density at radius 2 is 1.55 bits per heavy atom. The summed E-state index contributed by atoms with van der Waals surface area (Å²) in [7, 11) is 1.93. The monoisotopic (exact) mass is 571 g/mol. The highest BCUT2D eigenvalue weighted by molar-refractivity contribution is 5.92. The van der Waals surface area contributed by atoms with Crippen LogP contribution in [0, 0.1) is 17.7 Å². The van der Waals surface area contributed by atoms with Gasteiger partial charge in [0.15, 0.2) is 5.78 Å². The fourth-order valence-electron chi connectivity index (χ4n) is 5.97. The normalized spacial score (nSPS) is 24.6. The molecule has 4 rings (SSSR count). The first-order valence-corrected chi connectivity index (χ1v) is 13.3. The second-order valence-corrected chi connectivity index (χ2v) is 10.9. The van der Waals surface area contributed by atoms with Crippen molar-refractivity contribution in [2.45, 2.75) is 70.0 Å². The van der Waals surface area contributed by atoms with E-state index in [0.29, 0.717) is 44.4 Å². The van der Waals surface area contributed by atoms with Crippen LogP contribution in [0.4, 0.5) is 30.7 Å². The van der Waals surface area contributed by atoms with Crippen LogP contribution in [-0.4, -0.2) is 30.4 Å². The first-order chi connectivity index (χ1) is 18.6. The van der Waals surface area contributed by atoms with Crippen molar-refractivity contribution in [3.8, 4) is 0 Å². The van der Waals surface area contributed by atoms with E-state index in [1.165, 1.54) is 19.1 Å². The van der Waals surface area contributed by atoms with E-state index >= 15 is 0 Å². The molecule has 5 atom stereocenters. The molecule has 218 valence electrons. The molecule has 0 heterocycles. The summed E-state index contributed by atoms with van der Waals surface area (Å²) in [5.41, 5.74) is -1.24. The van der Waals surface area contributed by atoms with E-state index in [2.05, 4.69) is 4.90 Å². The van der Waals surface area contributed by atoms with Crippen molar-refractivity contribution in [2.75, 3.05) is 13.6 Å². The SMILES string of the molecule is C[C@@H]1[C@@H](CN(C)C2=CC(=O)CC2)CC[C@H](O[C@H](C)c2cc(C(F)(F)F)cc(C(F)(F)F)c2)[C@H]1c1ccc(F)cc1. The number of ether oxygens (including phenoxy) is 1. The second kappa shape index (κ2) is 11.5. The van der Waals surface area contributed by atoms with Crippen LogP contribution >= 0.6 is 0 Å². The predicted molar refractivity (Wildman–Crippen MR) is 136 cm³/mol. The van der Waals surface area contributed by atoms with Gasteiger partial charge in [0.05, 0.1) is 23.3 Å². The van der Waals surface area contributed by atoms with Crippen LogP contribution in [0.25, 0.3) is 0 Å². The molecule has 2 aromatic rings. The lowest BCUT2D eigenvalue weighted by atomic mass is 9.68. The minimum Gasteiger partial charge on any atom is -0.377 e. The van der Waals surface area contributed by atoms with Gasteiger partial charge >= 0.3 is 12.4 Å². The predicted octanol–water partition coefficient (Wildman–Crippen LogP) is 8.32. The van der Waals surface area contributed by atoms with Crippen molar-refractivity contribution >= 4 is 5.78 Å². The molecule has 0 spiro atoms. The third-order valence-electron chi connectivity index (χ3n) is 8.20. The summed E-state index contributed by atoms with van der Waals surface area (Å²) in [6, 6.07) is 7.46. The lowest BCUT2D eigenvalue weighted by Gasteiger charge is -2.44. The molecule has 0 aromatic heterocycles. The number of rotatable bonds is 7. The summed E-state index contributed by atoms with van der Waals surface area (Å²) in [4.78, 5) is 13.8. The molecule has 0 amide bonds. The average molecular weight is 572 g/mol.